The van der Waals surface area contributed by atoms with Crippen molar-refractivity contribution in [2.45, 2.75) is 70.9 Å². The highest BCUT2D eigenvalue weighted by Gasteiger charge is 2.38. The highest BCUT2D eigenvalue weighted by molar-refractivity contribution is 4.92. The Morgan fingerprint density at radius 1 is 0.621 bits per heavy atom. The van der Waals surface area contributed by atoms with Gasteiger partial charge < -0.3 is 18.9 Å². The summed E-state index contributed by atoms with van der Waals surface area (Å²) in [5.74, 6) is 2.63. The van der Waals surface area contributed by atoms with E-state index in [4.69, 9.17) is 18.9 Å². The smallest absolute Gasteiger partial charge is 0.266 e. The zero-order valence-corrected chi connectivity index (χ0v) is 17.6. The Bertz CT molecular complexity index is 521. The van der Waals surface area contributed by atoms with Gasteiger partial charge in [0.25, 0.3) is 6.08 Å². The summed E-state index contributed by atoms with van der Waals surface area (Å²) in [7, 11) is 0. The molecule has 6 heteroatoms. The van der Waals surface area contributed by atoms with Crippen molar-refractivity contribution in [2.75, 3.05) is 26.4 Å². The Kier molecular flexibility index (Phi) is 7.59. The first-order chi connectivity index (χ1) is 14.1. The zero-order chi connectivity index (χ0) is 20.2. The summed E-state index contributed by atoms with van der Waals surface area (Å²) in [6, 6.07) is 0. The van der Waals surface area contributed by atoms with E-state index in [1.807, 2.05) is 0 Å². The van der Waals surface area contributed by atoms with E-state index in [0.717, 1.165) is 57.7 Å². The molecular weight excluding hydrogens is 378 g/mol. The van der Waals surface area contributed by atoms with Gasteiger partial charge in [0.1, 0.15) is 0 Å². The lowest BCUT2D eigenvalue weighted by Gasteiger charge is -2.42. The van der Waals surface area contributed by atoms with Gasteiger partial charge in [-0.25, -0.2) is 0 Å². The molecule has 0 unspecified atom stereocenters. The van der Waals surface area contributed by atoms with Gasteiger partial charge in [-0.15, -0.1) is 0 Å². The molecule has 4 fully saturated rings. The largest absolute Gasteiger partial charge is 0.352 e. The van der Waals surface area contributed by atoms with Crippen LogP contribution < -0.4 is 0 Å². The third kappa shape index (κ3) is 5.78. The fourth-order valence-electron chi connectivity index (χ4n) is 5.70. The van der Waals surface area contributed by atoms with Gasteiger partial charge in [-0.05, 0) is 75.2 Å². The first-order valence-electron chi connectivity index (χ1n) is 11.6. The molecule has 2 heterocycles. The second-order valence-electron chi connectivity index (χ2n) is 9.74. The molecule has 0 atom stereocenters. The molecule has 4 nitrogen and oxygen atoms in total. The van der Waals surface area contributed by atoms with Crippen molar-refractivity contribution >= 4 is 0 Å². The van der Waals surface area contributed by atoms with Crippen LogP contribution in [-0.4, -0.2) is 39.0 Å². The molecule has 0 aromatic rings. The van der Waals surface area contributed by atoms with Gasteiger partial charge in [-0.3, -0.25) is 0 Å². The summed E-state index contributed by atoms with van der Waals surface area (Å²) in [6.45, 7) is 4.91. The predicted molar refractivity (Wildman–Crippen MR) is 105 cm³/mol. The summed E-state index contributed by atoms with van der Waals surface area (Å²) in [5.41, 5.74) is 0. The summed E-state index contributed by atoms with van der Waals surface area (Å²) >= 11 is 0. The van der Waals surface area contributed by atoms with Crippen LogP contribution in [0.5, 0.6) is 0 Å². The first-order valence-corrected chi connectivity index (χ1v) is 11.6. The van der Waals surface area contributed by atoms with Crippen molar-refractivity contribution in [2.24, 2.45) is 35.5 Å². The van der Waals surface area contributed by atoms with Crippen LogP contribution in [0.15, 0.2) is 12.2 Å². The van der Waals surface area contributed by atoms with E-state index in [-0.39, 0.29) is 24.4 Å². The van der Waals surface area contributed by atoms with E-state index in [0.29, 0.717) is 31.0 Å². The Hall–Kier alpha value is -0.560. The van der Waals surface area contributed by atoms with Crippen molar-refractivity contribution < 1.29 is 27.7 Å². The number of hydrogen-bond acceptors (Lipinski definition) is 4. The zero-order valence-electron chi connectivity index (χ0n) is 17.6. The van der Waals surface area contributed by atoms with E-state index < -0.39 is 6.08 Å². The molecule has 2 aliphatic carbocycles. The minimum absolute atomic E-state index is 0.0879. The number of rotatable bonds is 4. The molecule has 0 amide bonds. The van der Waals surface area contributed by atoms with Gasteiger partial charge in [0.2, 0.25) is 0 Å². The topological polar surface area (TPSA) is 36.9 Å². The lowest BCUT2D eigenvalue weighted by molar-refractivity contribution is -0.290. The van der Waals surface area contributed by atoms with Crippen molar-refractivity contribution in [3.05, 3.63) is 12.2 Å². The summed E-state index contributed by atoms with van der Waals surface area (Å²) < 4.78 is 48.7. The van der Waals surface area contributed by atoms with Crippen LogP contribution in [0.25, 0.3) is 0 Å². The molecule has 2 saturated carbocycles. The van der Waals surface area contributed by atoms with E-state index in [1.54, 1.807) is 0 Å². The first kappa shape index (κ1) is 21.7. The molecule has 29 heavy (non-hydrogen) atoms. The molecule has 166 valence electrons. The van der Waals surface area contributed by atoms with Crippen molar-refractivity contribution in [1.29, 1.82) is 0 Å². The highest BCUT2D eigenvalue weighted by Crippen LogP contribution is 2.43. The Labute approximate surface area is 173 Å². The number of halogens is 2. The van der Waals surface area contributed by atoms with Gasteiger partial charge in [-0.1, -0.05) is 6.92 Å². The summed E-state index contributed by atoms with van der Waals surface area (Å²) in [4.78, 5) is 0. The molecule has 4 aliphatic rings. The number of hydrogen-bond donors (Lipinski definition) is 0. The number of allylic oxidation sites excluding steroid dienone is 1. The molecule has 2 saturated heterocycles. The van der Waals surface area contributed by atoms with Gasteiger partial charge in [0.15, 0.2) is 12.6 Å². The van der Waals surface area contributed by atoms with Crippen LogP contribution in [-0.2, 0) is 18.9 Å². The Morgan fingerprint density at radius 3 is 1.62 bits per heavy atom. The molecule has 0 aromatic heterocycles. The molecule has 0 N–H and O–H groups in total. The summed E-state index contributed by atoms with van der Waals surface area (Å²) in [5, 5.41) is 0. The van der Waals surface area contributed by atoms with Crippen LogP contribution in [0, 0.1) is 35.5 Å². The van der Waals surface area contributed by atoms with Gasteiger partial charge in [0, 0.05) is 11.8 Å². The normalized spacial score (nSPS) is 44.2. The van der Waals surface area contributed by atoms with Crippen LogP contribution in [0.4, 0.5) is 8.78 Å². The maximum Gasteiger partial charge on any atom is 0.266 e. The van der Waals surface area contributed by atoms with Crippen LogP contribution in [0.3, 0.4) is 0 Å². The minimum Gasteiger partial charge on any atom is -0.352 e. The fourth-order valence-corrected chi connectivity index (χ4v) is 5.70. The molecule has 0 bridgehead atoms. The average Bonchev–Trinajstić information content (AvgIpc) is 2.75. The van der Waals surface area contributed by atoms with Crippen molar-refractivity contribution in [1.82, 2.24) is 0 Å². The number of ether oxygens (including phenoxy) is 4. The highest BCUT2D eigenvalue weighted by atomic mass is 19.3. The monoisotopic (exact) mass is 414 g/mol. The van der Waals surface area contributed by atoms with Gasteiger partial charge in [-0.2, -0.15) is 8.78 Å². The van der Waals surface area contributed by atoms with Gasteiger partial charge >= 0.3 is 0 Å². The lowest BCUT2D eigenvalue weighted by atomic mass is 9.69. The standard InChI is InChI=1S/C23H36F2O4/c1-15-11-26-23(27-12-15)20-13-28-22(29-14-20)19-8-6-18(7-9-19)17-4-2-16(3-5-17)10-21(24)25/h10,15-20,22-23H,2-9,11-14H2,1H3. The van der Waals surface area contributed by atoms with Crippen LogP contribution >= 0.6 is 0 Å². The van der Waals surface area contributed by atoms with Crippen molar-refractivity contribution in [3.63, 3.8) is 0 Å². The molecule has 0 radical (unpaired) electrons. The maximum atomic E-state index is 12.5. The Morgan fingerprint density at radius 2 is 1.07 bits per heavy atom. The second kappa shape index (κ2) is 10.2. The van der Waals surface area contributed by atoms with E-state index >= 15 is 0 Å². The summed E-state index contributed by atoms with van der Waals surface area (Å²) in [6.07, 6.45) is 8.12. The quantitative estimate of drug-likeness (QED) is 0.619. The van der Waals surface area contributed by atoms with E-state index in [2.05, 4.69) is 6.92 Å². The SMILES string of the molecule is CC1COC(C2COC(C3CCC(C4CCC(C=C(F)F)CC4)CC3)OC2)OC1. The Balaban J connectivity index is 1.16. The molecule has 0 aromatic carbocycles. The molecule has 0 spiro atoms. The molecule has 2 aliphatic heterocycles. The van der Waals surface area contributed by atoms with Crippen molar-refractivity contribution in [3.8, 4) is 0 Å². The second-order valence-corrected chi connectivity index (χ2v) is 9.74. The van der Waals surface area contributed by atoms with E-state index in [1.165, 1.54) is 18.9 Å². The third-order valence-electron chi connectivity index (χ3n) is 7.47. The van der Waals surface area contributed by atoms with Crippen LogP contribution in [0.1, 0.15) is 58.3 Å². The lowest BCUT2D eigenvalue weighted by Crippen LogP contribution is -2.46. The molecular formula is C23H36F2O4. The van der Waals surface area contributed by atoms with Crippen LogP contribution in [0.2, 0.25) is 0 Å². The maximum absolute atomic E-state index is 12.5. The average molecular weight is 415 g/mol. The van der Waals surface area contributed by atoms with Gasteiger partial charge in [0.05, 0.1) is 32.3 Å². The molecule has 4 rings (SSSR count). The third-order valence-corrected chi connectivity index (χ3v) is 7.47. The predicted octanol–water partition coefficient (Wildman–Crippen LogP) is 5.38. The fraction of sp³-hybridized carbons (Fsp3) is 0.913. The van der Waals surface area contributed by atoms with E-state index in [9.17, 15) is 8.78 Å². The minimum atomic E-state index is -1.51.